The zero-order chi connectivity index (χ0) is 8.85. The van der Waals surface area contributed by atoms with Crippen LogP contribution < -0.4 is 5.73 Å². The molecule has 0 amide bonds. The number of ether oxygens (including phenoxy) is 1. The first-order chi connectivity index (χ1) is 5.09. The Balaban J connectivity index is 3.63. The predicted octanol–water partition coefficient (Wildman–Crippen LogP) is 0.213. The van der Waals surface area contributed by atoms with Crippen LogP contribution in [-0.4, -0.2) is 29.8 Å². The predicted molar refractivity (Wildman–Crippen MR) is 41.3 cm³/mol. The quantitative estimate of drug-likeness (QED) is 0.604. The molecule has 0 spiro atoms. The van der Waals surface area contributed by atoms with Crippen LogP contribution in [0.25, 0.3) is 0 Å². The highest BCUT2D eigenvalue weighted by atomic mass is 16.5. The van der Waals surface area contributed by atoms with Gasteiger partial charge in [-0.3, -0.25) is 4.79 Å². The van der Waals surface area contributed by atoms with E-state index < -0.39 is 18.1 Å². The fourth-order valence-corrected chi connectivity index (χ4v) is 0.608. The van der Waals surface area contributed by atoms with Gasteiger partial charge in [-0.25, -0.2) is 0 Å². The number of hydrogen-bond donors (Lipinski definition) is 2. The molecule has 0 radical (unpaired) electrons. The Labute approximate surface area is 66.3 Å². The van der Waals surface area contributed by atoms with Gasteiger partial charge in [0.2, 0.25) is 0 Å². The molecule has 0 saturated carbocycles. The van der Waals surface area contributed by atoms with E-state index in [-0.39, 0.29) is 0 Å². The molecule has 0 fully saturated rings. The molecule has 0 saturated heterocycles. The maximum Gasteiger partial charge on any atom is 0.323 e. The van der Waals surface area contributed by atoms with E-state index in [0.717, 1.165) is 6.42 Å². The standard InChI is InChI=1S/C7H15NO3/c1-3-4-11-5(2)6(8)7(9)10/h5-6H,3-4,8H2,1-2H3,(H,9,10)/t5-,6+/m1/s1. The number of aliphatic carboxylic acids is 1. The van der Waals surface area contributed by atoms with Crippen molar-refractivity contribution < 1.29 is 14.6 Å². The van der Waals surface area contributed by atoms with Crippen LogP contribution in [0.5, 0.6) is 0 Å². The molecular weight excluding hydrogens is 146 g/mol. The minimum absolute atomic E-state index is 0.410. The summed E-state index contributed by atoms with van der Waals surface area (Å²) in [5, 5.41) is 8.45. The van der Waals surface area contributed by atoms with Gasteiger partial charge >= 0.3 is 5.97 Å². The number of carboxylic acids is 1. The van der Waals surface area contributed by atoms with Gasteiger partial charge in [-0.05, 0) is 13.3 Å². The summed E-state index contributed by atoms with van der Waals surface area (Å²) in [4.78, 5) is 10.3. The summed E-state index contributed by atoms with van der Waals surface area (Å²) < 4.78 is 5.11. The Hall–Kier alpha value is -0.610. The van der Waals surface area contributed by atoms with E-state index in [1.807, 2.05) is 6.92 Å². The van der Waals surface area contributed by atoms with E-state index in [1.165, 1.54) is 0 Å². The average Bonchev–Trinajstić information content (AvgIpc) is 1.98. The highest BCUT2D eigenvalue weighted by Crippen LogP contribution is 1.96. The van der Waals surface area contributed by atoms with E-state index in [9.17, 15) is 4.79 Å². The molecule has 2 atom stereocenters. The normalized spacial score (nSPS) is 15.9. The third kappa shape index (κ3) is 3.95. The lowest BCUT2D eigenvalue weighted by molar-refractivity contribution is -0.142. The summed E-state index contributed by atoms with van der Waals surface area (Å²) in [7, 11) is 0. The van der Waals surface area contributed by atoms with Gasteiger partial charge in [-0.15, -0.1) is 0 Å². The molecule has 66 valence electrons. The Morgan fingerprint density at radius 3 is 2.64 bits per heavy atom. The number of hydrogen-bond acceptors (Lipinski definition) is 3. The number of nitrogens with two attached hydrogens (primary N) is 1. The third-order valence-electron chi connectivity index (χ3n) is 1.38. The molecule has 0 unspecified atom stereocenters. The van der Waals surface area contributed by atoms with Crippen molar-refractivity contribution >= 4 is 5.97 Å². The molecular formula is C7H15NO3. The second-order valence-corrected chi connectivity index (χ2v) is 2.44. The molecule has 3 N–H and O–H groups in total. The molecule has 0 aromatic rings. The van der Waals surface area contributed by atoms with Crippen LogP contribution >= 0.6 is 0 Å². The number of rotatable bonds is 5. The van der Waals surface area contributed by atoms with Crippen molar-refractivity contribution in [2.75, 3.05) is 6.61 Å². The fourth-order valence-electron chi connectivity index (χ4n) is 0.608. The summed E-state index contributed by atoms with van der Waals surface area (Å²) in [5.74, 6) is -1.02. The Morgan fingerprint density at radius 2 is 2.27 bits per heavy atom. The van der Waals surface area contributed by atoms with E-state index in [2.05, 4.69) is 0 Å². The zero-order valence-corrected chi connectivity index (χ0v) is 6.91. The largest absolute Gasteiger partial charge is 0.480 e. The second-order valence-electron chi connectivity index (χ2n) is 2.44. The van der Waals surface area contributed by atoms with Gasteiger partial charge in [-0.1, -0.05) is 6.92 Å². The van der Waals surface area contributed by atoms with Crippen LogP contribution in [0.2, 0.25) is 0 Å². The van der Waals surface area contributed by atoms with Crippen molar-refractivity contribution in [3.8, 4) is 0 Å². The zero-order valence-electron chi connectivity index (χ0n) is 6.91. The minimum atomic E-state index is -1.02. The molecule has 0 aromatic carbocycles. The highest BCUT2D eigenvalue weighted by Gasteiger charge is 2.19. The van der Waals surface area contributed by atoms with Crippen LogP contribution in [0.1, 0.15) is 20.3 Å². The van der Waals surface area contributed by atoms with Crippen LogP contribution in [-0.2, 0) is 9.53 Å². The Bertz CT molecular complexity index is 127. The maximum absolute atomic E-state index is 10.3. The summed E-state index contributed by atoms with van der Waals surface area (Å²) >= 11 is 0. The lowest BCUT2D eigenvalue weighted by Crippen LogP contribution is -2.41. The van der Waals surface area contributed by atoms with E-state index in [4.69, 9.17) is 15.6 Å². The van der Waals surface area contributed by atoms with Crippen LogP contribution in [0.4, 0.5) is 0 Å². The summed E-state index contributed by atoms with van der Waals surface area (Å²) in [6.07, 6.45) is 0.462. The Morgan fingerprint density at radius 1 is 1.73 bits per heavy atom. The van der Waals surface area contributed by atoms with Crippen molar-refractivity contribution in [3.05, 3.63) is 0 Å². The van der Waals surface area contributed by atoms with Gasteiger partial charge in [0.15, 0.2) is 0 Å². The molecule has 4 heteroatoms. The molecule has 0 aliphatic carbocycles. The van der Waals surface area contributed by atoms with Gasteiger partial charge in [0.05, 0.1) is 6.10 Å². The smallest absolute Gasteiger partial charge is 0.323 e. The van der Waals surface area contributed by atoms with Crippen molar-refractivity contribution in [2.45, 2.75) is 32.4 Å². The number of carbonyl (C=O) groups is 1. The van der Waals surface area contributed by atoms with Crippen molar-refractivity contribution in [2.24, 2.45) is 5.73 Å². The van der Waals surface area contributed by atoms with Gasteiger partial charge < -0.3 is 15.6 Å². The molecule has 4 nitrogen and oxygen atoms in total. The molecule has 0 aromatic heterocycles. The van der Waals surface area contributed by atoms with Crippen molar-refractivity contribution in [1.82, 2.24) is 0 Å². The second kappa shape index (κ2) is 5.09. The summed E-state index contributed by atoms with van der Waals surface area (Å²) in [6.45, 7) is 4.18. The molecule has 11 heavy (non-hydrogen) atoms. The van der Waals surface area contributed by atoms with Gasteiger partial charge in [0.25, 0.3) is 0 Å². The van der Waals surface area contributed by atoms with E-state index in [1.54, 1.807) is 6.92 Å². The fraction of sp³-hybridized carbons (Fsp3) is 0.857. The minimum Gasteiger partial charge on any atom is -0.480 e. The molecule has 0 aliphatic rings. The average molecular weight is 161 g/mol. The molecule has 0 bridgehead atoms. The first kappa shape index (κ1) is 10.4. The lowest BCUT2D eigenvalue weighted by Gasteiger charge is -2.15. The van der Waals surface area contributed by atoms with E-state index in [0.29, 0.717) is 6.61 Å². The van der Waals surface area contributed by atoms with E-state index >= 15 is 0 Å². The summed E-state index contributed by atoms with van der Waals surface area (Å²) in [6, 6.07) is -0.915. The van der Waals surface area contributed by atoms with Gasteiger partial charge in [-0.2, -0.15) is 0 Å². The lowest BCUT2D eigenvalue weighted by atomic mass is 10.2. The van der Waals surface area contributed by atoms with Crippen LogP contribution in [0.3, 0.4) is 0 Å². The molecule has 0 aliphatic heterocycles. The number of carboxylic acid groups (broad SMARTS) is 1. The first-order valence-electron chi connectivity index (χ1n) is 3.69. The Kier molecular flexibility index (Phi) is 4.81. The van der Waals surface area contributed by atoms with Crippen molar-refractivity contribution in [1.29, 1.82) is 0 Å². The molecule has 0 heterocycles. The van der Waals surface area contributed by atoms with Crippen LogP contribution in [0.15, 0.2) is 0 Å². The maximum atomic E-state index is 10.3. The summed E-state index contributed by atoms with van der Waals surface area (Å²) in [5.41, 5.74) is 5.28. The van der Waals surface area contributed by atoms with Crippen molar-refractivity contribution in [3.63, 3.8) is 0 Å². The highest BCUT2D eigenvalue weighted by molar-refractivity contribution is 5.73. The van der Waals surface area contributed by atoms with Crippen LogP contribution in [0, 0.1) is 0 Å². The molecule has 0 rings (SSSR count). The van der Waals surface area contributed by atoms with Gasteiger partial charge in [0, 0.05) is 6.61 Å². The monoisotopic (exact) mass is 161 g/mol. The topological polar surface area (TPSA) is 72.5 Å². The first-order valence-corrected chi connectivity index (χ1v) is 3.69. The van der Waals surface area contributed by atoms with Gasteiger partial charge in [0.1, 0.15) is 6.04 Å². The third-order valence-corrected chi connectivity index (χ3v) is 1.38. The SMILES string of the molecule is CCCO[C@H](C)[C@H](N)C(=O)O.